The highest BCUT2D eigenvalue weighted by atomic mass is 19.4. The van der Waals surface area contributed by atoms with Crippen molar-refractivity contribution in [2.75, 3.05) is 0 Å². The van der Waals surface area contributed by atoms with Gasteiger partial charge >= 0.3 is 23.9 Å². The molecule has 0 saturated carbocycles. The molecule has 0 fully saturated rings. The molecule has 0 unspecified atom stereocenters. The molecule has 4 nitrogen and oxygen atoms in total. The van der Waals surface area contributed by atoms with E-state index in [0.29, 0.717) is 12.1 Å². The highest BCUT2D eigenvalue weighted by Crippen LogP contribution is 2.56. The molecular formula is C17H10F9NO3. The zero-order valence-electron chi connectivity index (χ0n) is 14.3. The van der Waals surface area contributed by atoms with Gasteiger partial charge < -0.3 is 4.74 Å². The second kappa shape index (κ2) is 7.70. The van der Waals surface area contributed by atoms with E-state index < -0.39 is 35.4 Å². The summed E-state index contributed by atoms with van der Waals surface area (Å²) in [7, 11) is 0. The average Bonchev–Trinajstić information content (AvgIpc) is 2.67. The average molecular weight is 447 g/mol. The smallest absolute Gasteiger partial charge is 0.457 e. The van der Waals surface area contributed by atoms with Crippen LogP contribution in [0.2, 0.25) is 0 Å². The van der Waals surface area contributed by atoms with Gasteiger partial charge in [-0.2, -0.15) is 39.5 Å². The van der Waals surface area contributed by atoms with Crippen molar-refractivity contribution in [1.29, 1.82) is 0 Å². The second-order valence-electron chi connectivity index (χ2n) is 5.81. The van der Waals surface area contributed by atoms with E-state index >= 15 is 0 Å². The lowest BCUT2D eigenvalue weighted by Crippen LogP contribution is -2.59. The van der Waals surface area contributed by atoms with Gasteiger partial charge in [-0.15, -0.1) is 0 Å². The second-order valence-corrected chi connectivity index (χ2v) is 5.81. The molecule has 0 radical (unpaired) electrons. The lowest BCUT2D eigenvalue weighted by atomic mass is 9.97. The molecule has 0 spiro atoms. The quantitative estimate of drug-likeness (QED) is 0.348. The fourth-order valence-electron chi connectivity index (χ4n) is 2.16. The van der Waals surface area contributed by atoms with Crippen LogP contribution in [-0.2, 0) is 5.92 Å². The van der Waals surface area contributed by atoms with Crippen LogP contribution in [-0.4, -0.2) is 29.1 Å². The van der Waals surface area contributed by atoms with Gasteiger partial charge in [-0.05, 0) is 48.5 Å². The number of benzene rings is 2. The minimum Gasteiger partial charge on any atom is -0.457 e. The Kier molecular flexibility index (Phi) is 5.99. The number of hydrogen-bond donors (Lipinski definition) is 2. The zero-order chi connectivity index (χ0) is 23.0. The lowest BCUT2D eigenvalue weighted by molar-refractivity contribution is -0.399. The number of rotatable bonds is 6. The van der Waals surface area contributed by atoms with Crippen molar-refractivity contribution in [2.24, 2.45) is 0 Å². The number of nitrogens with one attached hydrogen (secondary N) is 1. The van der Waals surface area contributed by atoms with E-state index in [1.165, 1.54) is 29.7 Å². The maximum Gasteiger partial charge on any atom is 0.460 e. The molecule has 0 bridgehead atoms. The molecule has 2 rings (SSSR count). The Labute approximate surface area is 161 Å². The SMILES string of the molecule is O=C(NO)c1ccc(Oc2ccc(C(F)(F)C(F)(F)C(F)(F)C(F)(F)F)cc2)cc1. The molecule has 1 amide bonds. The number of carbonyl (C=O) groups excluding carboxylic acids is 1. The summed E-state index contributed by atoms with van der Waals surface area (Å²) in [5.41, 5.74) is -0.405. The molecule has 0 aliphatic heterocycles. The first-order valence-corrected chi connectivity index (χ1v) is 7.68. The van der Waals surface area contributed by atoms with Crippen molar-refractivity contribution >= 4 is 5.91 Å². The first-order chi connectivity index (χ1) is 13.6. The topological polar surface area (TPSA) is 58.6 Å². The van der Waals surface area contributed by atoms with Gasteiger partial charge in [-0.25, -0.2) is 5.48 Å². The standard InChI is InChI=1S/C17H10F9NO3/c18-14(19,15(20,21)16(22,23)17(24,25)26)10-3-7-12(8-4-10)30-11-5-1-9(2-6-11)13(28)27-29/h1-8,29H,(H,27,28). The van der Waals surface area contributed by atoms with Crippen LogP contribution in [0.4, 0.5) is 39.5 Å². The third kappa shape index (κ3) is 4.01. The van der Waals surface area contributed by atoms with Crippen LogP contribution in [0.1, 0.15) is 15.9 Å². The molecule has 13 heteroatoms. The summed E-state index contributed by atoms with van der Waals surface area (Å²) in [6, 6.07) is 6.55. The van der Waals surface area contributed by atoms with E-state index in [2.05, 4.69) is 0 Å². The van der Waals surface area contributed by atoms with Gasteiger partial charge in [-0.3, -0.25) is 10.0 Å². The van der Waals surface area contributed by atoms with E-state index in [0.717, 1.165) is 0 Å². The van der Waals surface area contributed by atoms with E-state index in [9.17, 15) is 44.3 Å². The lowest BCUT2D eigenvalue weighted by Gasteiger charge is -2.33. The normalized spacial score (nSPS) is 13.1. The Morgan fingerprint density at radius 3 is 1.57 bits per heavy atom. The van der Waals surface area contributed by atoms with Gasteiger partial charge in [0.2, 0.25) is 0 Å². The van der Waals surface area contributed by atoms with Gasteiger partial charge in [0.1, 0.15) is 11.5 Å². The molecule has 0 aliphatic carbocycles. The number of carbonyl (C=O) groups is 1. The van der Waals surface area contributed by atoms with Gasteiger partial charge in [-0.1, -0.05) is 0 Å². The van der Waals surface area contributed by atoms with Crippen molar-refractivity contribution in [2.45, 2.75) is 23.9 Å². The summed E-state index contributed by atoms with van der Waals surface area (Å²) in [4.78, 5) is 11.2. The van der Waals surface area contributed by atoms with E-state index in [4.69, 9.17) is 9.94 Å². The fraction of sp³-hybridized carbons (Fsp3) is 0.235. The number of hydroxylamine groups is 1. The van der Waals surface area contributed by atoms with Crippen LogP contribution in [0.3, 0.4) is 0 Å². The van der Waals surface area contributed by atoms with Gasteiger partial charge in [0.05, 0.1) is 0 Å². The minimum absolute atomic E-state index is 0.0210. The van der Waals surface area contributed by atoms with Crippen LogP contribution in [0, 0.1) is 0 Å². The highest BCUT2D eigenvalue weighted by Gasteiger charge is 2.81. The predicted octanol–water partition coefficient (Wildman–Crippen LogP) is 5.52. The molecule has 0 saturated heterocycles. The van der Waals surface area contributed by atoms with Crippen LogP contribution in [0.5, 0.6) is 11.5 Å². The maximum absolute atomic E-state index is 13.8. The summed E-state index contributed by atoms with van der Waals surface area (Å²) < 4.78 is 122. The summed E-state index contributed by atoms with van der Waals surface area (Å²) >= 11 is 0. The van der Waals surface area contributed by atoms with Crippen LogP contribution < -0.4 is 10.2 Å². The maximum atomic E-state index is 13.8. The number of alkyl halides is 9. The van der Waals surface area contributed by atoms with Crippen molar-refractivity contribution in [3.05, 3.63) is 59.7 Å². The molecule has 2 aromatic rings. The van der Waals surface area contributed by atoms with Crippen molar-refractivity contribution < 1.29 is 54.3 Å². The van der Waals surface area contributed by atoms with Gasteiger partial charge in [0.25, 0.3) is 5.91 Å². The summed E-state index contributed by atoms with van der Waals surface area (Å²) in [5.74, 6) is -20.7. The van der Waals surface area contributed by atoms with E-state index in [1.54, 1.807) is 0 Å². The molecule has 30 heavy (non-hydrogen) atoms. The molecule has 0 heterocycles. The molecule has 0 aromatic heterocycles. The molecule has 164 valence electrons. The first kappa shape index (κ1) is 23.3. The fourth-order valence-corrected chi connectivity index (χ4v) is 2.16. The highest BCUT2D eigenvalue weighted by molar-refractivity contribution is 5.93. The van der Waals surface area contributed by atoms with E-state index in [1.807, 2.05) is 0 Å². The summed E-state index contributed by atoms with van der Waals surface area (Å²) in [6.45, 7) is 0. The third-order valence-corrected chi connectivity index (χ3v) is 3.82. The Hall–Kier alpha value is -2.96. The van der Waals surface area contributed by atoms with Crippen molar-refractivity contribution in [3.63, 3.8) is 0 Å². The number of amides is 1. The van der Waals surface area contributed by atoms with Crippen LogP contribution in [0.25, 0.3) is 0 Å². The van der Waals surface area contributed by atoms with Gasteiger partial charge in [0.15, 0.2) is 0 Å². The van der Waals surface area contributed by atoms with Crippen LogP contribution >= 0.6 is 0 Å². The van der Waals surface area contributed by atoms with Gasteiger partial charge in [0, 0.05) is 11.1 Å². The largest absolute Gasteiger partial charge is 0.460 e. The Balaban J connectivity index is 2.25. The van der Waals surface area contributed by atoms with Crippen LogP contribution in [0.15, 0.2) is 48.5 Å². The minimum atomic E-state index is -6.98. The molecule has 0 aliphatic rings. The van der Waals surface area contributed by atoms with Crippen molar-refractivity contribution in [3.8, 4) is 11.5 Å². The molecule has 0 atom stereocenters. The Bertz CT molecular complexity index is 894. The summed E-state index contributed by atoms with van der Waals surface area (Å²) in [6.07, 6.45) is -6.90. The molecule has 2 N–H and O–H groups in total. The molecule has 2 aromatic carbocycles. The number of halogens is 9. The van der Waals surface area contributed by atoms with E-state index in [-0.39, 0.29) is 29.2 Å². The molecular weight excluding hydrogens is 437 g/mol. The first-order valence-electron chi connectivity index (χ1n) is 7.68. The van der Waals surface area contributed by atoms with Crippen molar-refractivity contribution in [1.82, 2.24) is 5.48 Å². The predicted molar refractivity (Wildman–Crippen MR) is 82.1 cm³/mol. The Morgan fingerprint density at radius 1 is 0.733 bits per heavy atom. The Morgan fingerprint density at radius 2 is 1.17 bits per heavy atom. The summed E-state index contributed by atoms with van der Waals surface area (Å²) in [5, 5.41) is 8.48. The number of hydrogen-bond acceptors (Lipinski definition) is 3. The number of ether oxygens (including phenoxy) is 1. The monoisotopic (exact) mass is 447 g/mol. The zero-order valence-corrected chi connectivity index (χ0v) is 14.3. The third-order valence-electron chi connectivity index (χ3n) is 3.82.